The van der Waals surface area contributed by atoms with E-state index in [2.05, 4.69) is 70.6 Å². The minimum absolute atomic E-state index is 1.03. The topological polar surface area (TPSA) is 6.48 Å². The van der Waals surface area contributed by atoms with E-state index in [1.54, 1.807) is 0 Å². The summed E-state index contributed by atoms with van der Waals surface area (Å²) in [7, 11) is 8.16. The molecule has 2 aromatic carbocycles. The van der Waals surface area contributed by atoms with Crippen LogP contribution in [0.25, 0.3) is 5.57 Å². The molecule has 0 aromatic heterocycles. The van der Waals surface area contributed by atoms with Gasteiger partial charge < -0.3 is 9.80 Å². The van der Waals surface area contributed by atoms with Crippen molar-refractivity contribution >= 4 is 16.9 Å². The van der Waals surface area contributed by atoms with E-state index in [4.69, 9.17) is 0 Å². The molecule has 0 saturated heterocycles. The maximum Gasteiger partial charge on any atom is 0.0361 e. The van der Waals surface area contributed by atoms with Crippen LogP contribution in [0.3, 0.4) is 0 Å². The average molecular weight is 278 g/mol. The molecule has 2 heteroatoms. The highest BCUT2D eigenvalue weighted by Gasteiger charge is 2.05. The first-order chi connectivity index (χ1) is 10.0. The number of anilines is 2. The van der Waals surface area contributed by atoms with Crippen molar-refractivity contribution < 1.29 is 0 Å². The van der Waals surface area contributed by atoms with Crippen molar-refractivity contribution in [3.63, 3.8) is 0 Å². The highest BCUT2D eigenvalue weighted by Crippen LogP contribution is 2.25. The summed E-state index contributed by atoms with van der Waals surface area (Å²) in [6, 6.07) is 16.9. The highest BCUT2D eigenvalue weighted by molar-refractivity contribution is 5.80. The summed E-state index contributed by atoms with van der Waals surface area (Å²) >= 11 is 0. The number of hydrogen-bond donors (Lipinski definition) is 0. The second kappa shape index (κ2) is 6.34. The molecule has 0 unspecified atom stereocenters. The smallest absolute Gasteiger partial charge is 0.0361 e. The number of nitrogens with zero attached hydrogens (tertiary/aromatic N) is 2. The van der Waals surface area contributed by atoms with E-state index < -0.39 is 0 Å². The maximum absolute atomic E-state index is 3.85. The average Bonchev–Trinajstić information content (AvgIpc) is 2.49. The van der Waals surface area contributed by atoms with E-state index in [1.165, 1.54) is 11.4 Å². The second-order valence-corrected chi connectivity index (χ2v) is 5.43. The Labute approximate surface area is 127 Å². The van der Waals surface area contributed by atoms with E-state index >= 15 is 0 Å². The first-order valence-electron chi connectivity index (χ1n) is 6.98. The third-order valence-corrected chi connectivity index (χ3v) is 3.52. The van der Waals surface area contributed by atoms with Crippen LogP contribution in [0.4, 0.5) is 11.4 Å². The van der Waals surface area contributed by atoms with Gasteiger partial charge in [0.05, 0.1) is 0 Å². The van der Waals surface area contributed by atoms with Crippen molar-refractivity contribution in [1.29, 1.82) is 0 Å². The monoisotopic (exact) mass is 278 g/mol. The van der Waals surface area contributed by atoms with Gasteiger partial charge in [0.1, 0.15) is 0 Å². The molecule has 0 aliphatic rings. The van der Waals surface area contributed by atoms with Crippen LogP contribution in [0.1, 0.15) is 11.1 Å². The molecule has 2 nitrogen and oxygen atoms in total. The van der Waals surface area contributed by atoms with Crippen molar-refractivity contribution in [2.24, 2.45) is 0 Å². The van der Waals surface area contributed by atoms with Crippen molar-refractivity contribution in [1.82, 2.24) is 0 Å². The molecule has 0 spiro atoms. The molecule has 0 atom stereocenters. The summed E-state index contributed by atoms with van der Waals surface area (Å²) in [4.78, 5) is 4.18. The van der Waals surface area contributed by atoms with E-state index in [0.717, 1.165) is 16.7 Å². The molecule has 0 radical (unpaired) electrons. The molecule has 0 bridgehead atoms. The maximum atomic E-state index is 3.85. The van der Waals surface area contributed by atoms with Gasteiger partial charge in [0.15, 0.2) is 0 Å². The standard InChI is InChI=1S/C19H22N2/c1-6-19(15-7-11-17(12-8-15)20(2)3)16-9-13-18(14-10-16)21(4)5/h7-14H,1H2,2-5H3. The molecule has 2 aromatic rings. The Morgan fingerprint density at radius 3 is 1.29 bits per heavy atom. The lowest BCUT2D eigenvalue weighted by Crippen LogP contribution is -2.08. The SMILES string of the molecule is C=C=C(c1ccc(N(C)C)cc1)c1ccc(N(C)C)cc1. The second-order valence-electron chi connectivity index (χ2n) is 5.43. The molecule has 0 N–H and O–H groups in total. The Balaban J connectivity index is 2.33. The van der Waals surface area contributed by atoms with E-state index in [-0.39, 0.29) is 0 Å². The molecule has 0 fully saturated rings. The van der Waals surface area contributed by atoms with Crippen LogP contribution in [0.15, 0.2) is 60.8 Å². The fourth-order valence-electron chi connectivity index (χ4n) is 2.22. The van der Waals surface area contributed by atoms with Crippen LogP contribution < -0.4 is 9.80 Å². The van der Waals surface area contributed by atoms with Crippen LogP contribution in [0.2, 0.25) is 0 Å². The molecular weight excluding hydrogens is 256 g/mol. The zero-order chi connectivity index (χ0) is 15.4. The minimum atomic E-state index is 1.03. The van der Waals surface area contributed by atoms with Gasteiger partial charge in [0.2, 0.25) is 0 Å². The van der Waals surface area contributed by atoms with Crippen LogP contribution in [-0.4, -0.2) is 28.2 Å². The Bertz CT molecular complexity index is 589. The van der Waals surface area contributed by atoms with Gasteiger partial charge >= 0.3 is 0 Å². The molecule has 2 rings (SSSR count). The molecule has 21 heavy (non-hydrogen) atoms. The fraction of sp³-hybridized carbons (Fsp3) is 0.211. The molecule has 108 valence electrons. The van der Waals surface area contributed by atoms with Crippen LogP contribution in [0, 0.1) is 0 Å². The lowest BCUT2D eigenvalue weighted by molar-refractivity contribution is 1.13. The van der Waals surface area contributed by atoms with Crippen LogP contribution in [-0.2, 0) is 0 Å². The van der Waals surface area contributed by atoms with Crippen molar-refractivity contribution in [3.05, 3.63) is 72.0 Å². The Morgan fingerprint density at radius 1 is 0.714 bits per heavy atom. The summed E-state index contributed by atoms with van der Waals surface area (Å²) in [5.41, 5.74) is 8.74. The number of benzene rings is 2. The Hall–Kier alpha value is -2.44. The van der Waals surface area contributed by atoms with Gasteiger partial charge in [0.25, 0.3) is 0 Å². The van der Waals surface area contributed by atoms with E-state index in [0.29, 0.717) is 0 Å². The molecule has 0 amide bonds. The first-order valence-corrected chi connectivity index (χ1v) is 6.98. The van der Waals surface area contributed by atoms with Gasteiger partial charge in [-0.05, 0) is 35.4 Å². The van der Waals surface area contributed by atoms with E-state index in [9.17, 15) is 0 Å². The third-order valence-electron chi connectivity index (χ3n) is 3.52. The minimum Gasteiger partial charge on any atom is -0.378 e. The zero-order valence-electron chi connectivity index (χ0n) is 13.2. The number of rotatable bonds is 4. The van der Waals surface area contributed by atoms with Gasteiger partial charge in [-0.1, -0.05) is 30.8 Å². The van der Waals surface area contributed by atoms with Gasteiger partial charge in [0, 0.05) is 45.1 Å². The molecular formula is C19H22N2. The Morgan fingerprint density at radius 2 is 1.05 bits per heavy atom. The zero-order valence-corrected chi connectivity index (χ0v) is 13.2. The Kier molecular flexibility index (Phi) is 4.52. The van der Waals surface area contributed by atoms with Gasteiger partial charge in [-0.25, -0.2) is 0 Å². The summed E-state index contributed by atoms with van der Waals surface area (Å²) in [5.74, 6) is 0. The molecule has 0 saturated carbocycles. The van der Waals surface area contributed by atoms with Crippen molar-refractivity contribution in [2.75, 3.05) is 38.0 Å². The summed E-state index contributed by atoms with van der Waals surface area (Å²) in [6.07, 6.45) is 0. The summed E-state index contributed by atoms with van der Waals surface area (Å²) in [5, 5.41) is 0. The summed E-state index contributed by atoms with van der Waals surface area (Å²) in [6.45, 7) is 3.85. The molecule has 0 aliphatic heterocycles. The van der Waals surface area contributed by atoms with Gasteiger partial charge in [-0.3, -0.25) is 0 Å². The lowest BCUT2D eigenvalue weighted by atomic mass is 9.98. The van der Waals surface area contributed by atoms with Crippen molar-refractivity contribution in [3.8, 4) is 0 Å². The molecule has 0 heterocycles. The first kappa shape index (κ1) is 15.0. The van der Waals surface area contributed by atoms with E-state index in [1.807, 2.05) is 28.2 Å². The number of hydrogen-bond acceptors (Lipinski definition) is 2. The molecule has 0 aliphatic carbocycles. The predicted octanol–water partition coefficient (Wildman–Crippen LogP) is 4.04. The van der Waals surface area contributed by atoms with Gasteiger partial charge in [-0.15, -0.1) is 5.73 Å². The largest absolute Gasteiger partial charge is 0.378 e. The predicted molar refractivity (Wildman–Crippen MR) is 93.2 cm³/mol. The quantitative estimate of drug-likeness (QED) is 0.779. The van der Waals surface area contributed by atoms with Crippen LogP contribution >= 0.6 is 0 Å². The highest BCUT2D eigenvalue weighted by atomic mass is 15.1. The fourth-order valence-corrected chi connectivity index (χ4v) is 2.22. The lowest BCUT2D eigenvalue weighted by Gasteiger charge is -2.15. The normalized spacial score (nSPS) is 9.90. The van der Waals surface area contributed by atoms with Crippen molar-refractivity contribution in [2.45, 2.75) is 0 Å². The van der Waals surface area contributed by atoms with Gasteiger partial charge in [-0.2, -0.15) is 0 Å². The van der Waals surface area contributed by atoms with Crippen LogP contribution in [0.5, 0.6) is 0 Å². The third kappa shape index (κ3) is 3.36. The summed E-state index contributed by atoms with van der Waals surface area (Å²) < 4.78 is 0.